The first-order valence-electron chi connectivity index (χ1n) is 8.54. The average Bonchev–Trinajstić information content (AvgIpc) is 3.18. The van der Waals surface area contributed by atoms with Crippen LogP contribution in [0.5, 0.6) is 0 Å². The zero-order valence-corrected chi connectivity index (χ0v) is 14.6. The third-order valence-electron chi connectivity index (χ3n) is 4.54. The first-order valence-corrected chi connectivity index (χ1v) is 8.54. The molecule has 26 heavy (non-hydrogen) atoms. The van der Waals surface area contributed by atoms with Crippen LogP contribution < -0.4 is 15.8 Å². The fraction of sp³-hybridized carbons (Fsp3) is 0.389. The van der Waals surface area contributed by atoms with Gasteiger partial charge in [-0.1, -0.05) is 12.8 Å². The average molecular weight is 352 g/mol. The molecular weight excluding hydrogens is 332 g/mol. The lowest BCUT2D eigenvalue weighted by Gasteiger charge is -2.25. The van der Waals surface area contributed by atoms with Crippen molar-refractivity contribution in [1.29, 1.82) is 5.26 Å². The van der Waals surface area contributed by atoms with Gasteiger partial charge in [0.15, 0.2) is 0 Å². The summed E-state index contributed by atoms with van der Waals surface area (Å²) in [5.41, 5.74) is 0.395. The second kappa shape index (κ2) is 7.78. The number of nitrogens with one attached hydrogen (secondary N) is 1. The summed E-state index contributed by atoms with van der Waals surface area (Å²) in [5.74, 6) is 0.302. The van der Waals surface area contributed by atoms with E-state index in [9.17, 15) is 9.59 Å². The van der Waals surface area contributed by atoms with Gasteiger partial charge in [-0.3, -0.25) is 9.59 Å². The Hall–Kier alpha value is -3.21. The largest absolute Gasteiger partial charge is 0.355 e. The van der Waals surface area contributed by atoms with Crippen LogP contribution in [-0.2, 0) is 11.3 Å². The van der Waals surface area contributed by atoms with Gasteiger partial charge in [-0.05, 0) is 31.0 Å². The second-order valence-corrected chi connectivity index (χ2v) is 6.33. The van der Waals surface area contributed by atoms with Crippen LogP contribution in [0.1, 0.15) is 31.4 Å². The summed E-state index contributed by atoms with van der Waals surface area (Å²) in [6, 6.07) is 8.56. The molecule has 8 heteroatoms. The Morgan fingerprint density at radius 1 is 1.35 bits per heavy atom. The molecule has 0 atom stereocenters. The van der Waals surface area contributed by atoms with E-state index in [0.29, 0.717) is 17.5 Å². The third-order valence-corrected chi connectivity index (χ3v) is 4.54. The predicted octanol–water partition coefficient (Wildman–Crippen LogP) is 1.53. The van der Waals surface area contributed by atoms with Crippen LogP contribution in [0.4, 0.5) is 11.5 Å². The highest BCUT2D eigenvalue weighted by atomic mass is 16.2. The molecule has 0 unspecified atom stereocenters. The molecular formula is C18H20N6O2. The lowest BCUT2D eigenvalue weighted by atomic mass is 10.2. The van der Waals surface area contributed by atoms with E-state index < -0.39 is 0 Å². The number of anilines is 2. The Morgan fingerprint density at radius 2 is 2.12 bits per heavy atom. The van der Waals surface area contributed by atoms with Crippen molar-refractivity contribution in [2.75, 3.05) is 17.3 Å². The number of aromatic nitrogens is 3. The maximum absolute atomic E-state index is 12.2. The van der Waals surface area contributed by atoms with E-state index in [2.05, 4.69) is 20.3 Å². The van der Waals surface area contributed by atoms with Gasteiger partial charge in [-0.15, -0.1) is 0 Å². The molecule has 1 fully saturated rings. The van der Waals surface area contributed by atoms with E-state index in [0.717, 1.165) is 17.5 Å². The van der Waals surface area contributed by atoms with Crippen molar-refractivity contribution in [2.24, 2.45) is 0 Å². The molecule has 0 aliphatic heterocycles. The van der Waals surface area contributed by atoms with E-state index in [-0.39, 0.29) is 23.7 Å². The minimum absolute atomic E-state index is 0.189. The van der Waals surface area contributed by atoms with Gasteiger partial charge >= 0.3 is 0 Å². The van der Waals surface area contributed by atoms with E-state index in [4.69, 9.17) is 5.26 Å². The number of hydrogen-bond acceptors (Lipinski definition) is 6. The predicted molar refractivity (Wildman–Crippen MR) is 96.7 cm³/mol. The number of nitriles is 1. The standard InChI is InChI=1S/C18H20N6O2/c1-23(15-4-2-3-5-15)16-8-9-18(26)24(22-16)12-17(25)21-14-7-6-13(10-19)20-11-14/h6-9,11,15H,2-5,12H2,1H3,(H,21,25). The molecule has 0 aromatic carbocycles. The van der Waals surface area contributed by atoms with Crippen LogP contribution >= 0.6 is 0 Å². The van der Waals surface area contributed by atoms with Gasteiger partial charge in [0, 0.05) is 19.2 Å². The molecule has 0 spiro atoms. The van der Waals surface area contributed by atoms with Crippen molar-refractivity contribution in [2.45, 2.75) is 38.3 Å². The smallest absolute Gasteiger partial charge is 0.267 e. The first-order chi connectivity index (χ1) is 12.6. The molecule has 0 radical (unpaired) electrons. The van der Waals surface area contributed by atoms with Gasteiger partial charge < -0.3 is 10.2 Å². The maximum atomic E-state index is 12.2. The molecule has 8 nitrogen and oxygen atoms in total. The maximum Gasteiger partial charge on any atom is 0.267 e. The summed E-state index contributed by atoms with van der Waals surface area (Å²) in [6.45, 7) is -0.189. The normalized spacial score (nSPS) is 14.0. The monoisotopic (exact) mass is 352 g/mol. The molecule has 1 amide bonds. The zero-order chi connectivity index (χ0) is 18.5. The number of nitrogens with zero attached hydrogens (tertiary/aromatic N) is 5. The Labute approximate surface area is 151 Å². The second-order valence-electron chi connectivity index (χ2n) is 6.33. The zero-order valence-electron chi connectivity index (χ0n) is 14.6. The first kappa shape index (κ1) is 17.6. The van der Waals surface area contributed by atoms with E-state index in [1.165, 1.54) is 31.2 Å². The van der Waals surface area contributed by atoms with Crippen LogP contribution in [0, 0.1) is 11.3 Å². The summed E-state index contributed by atoms with van der Waals surface area (Å²) >= 11 is 0. The Morgan fingerprint density at radius 3 is 2.77 bits per heavy atom. The number of carbonyl (C=O) groups is 1. The fourth-order valence-corrected chi connectivity index (χ4v) is 3.09. The number of pyridine rings is 1. The quantitative estimate of drug-likeness (QED) is 0.875. The number of rotatable bonds is 5. The van der Waals surface area contributed by atoms with E-state index in [1.54, 1.807) is 12.1 Å². The van der Waals surface area contributed by atoms with Crippen LogP contribution in [0.2, 0.25) is 0 Å². The van der Waals surface area contributed by atoms with Crippen molar-refractivity contribution in [3.63, 3.8) is 0 Å². The van der Waals surface area contributed by atoms with Gasteiger partial charge in [0.05, 0.1) is 11.9 Å². The highest BCUT2D eigenvalue weighted by Crippen LogP contribution is 2.25. The van der Waals surface area contributed by atoms with Gasteiger partial charge in [-0.25, -0.2) is 9.67 Å². The fourth-order valence-electron chi connectivity index (χ4n) is 3.09. The summed E-state index contributed by atoms with van der Waals surface area (Å²) < 4.78 is 1.16. The van der Waals surface area contributed by atoms with Crippen molar-refractivity contribution in [1.82, 2.24) is 14.8 Å². The highest BCUT2D eigenvalue weighted by molar-refractivity contribution is 5.90. The molecule has 2 heterocycles. The summed E-state index contributed by atoms with van der Waals surface area (Å²) in [7, 11) is 1.97. The van der Waals surface area contributed by atoms with Crippen molar-refractivity contribution in [3.8, 4) is 6.07 Å². The molecule has 1 saturated carbocycles. The van der Waals surface area contributed by atoms with Gasteiger partial charge in [0.2, 0.25) is 5.91 Å². The molecule has 1 N–H and O–H groups in total. The van der Waals surface area contributed by atoms with Crippen LogP contribution in [0.15, 0.2) is 35.3 Å². The molecule has 2 aromatic rings. The van der Waals surface area contributed by atoms with Crippen molar-refractivity contribution >= 4 is 17.4 Å². The van der Waals surface area contributed by atoms with Crippen LogP contribution in [0.3, 0.4) is 0 Å². The van der Waals surface area contributed by atoms with E-state index >= 15 is 0 Å². The van der Waals surface area contributed by atoms with Crippen molar-refractivity contribution in [3.05, 3.63) is 46.5 Å². The molecule has 0 saturated heterocycles. The van der Waals surface area contributed by atoms with E-state index in [1.807, 2.05) is 13.1 Å². The minimum Gasteiger partial charge on any atom is -0.355 e. The Balaban J connectivity index is 1.69. The van der Waals surface area contributed by atoms with Gasteiger partial charge in [0.25, 0.3) is 5.56 Å². The SMILES string of the molecule is CN(c1ccc(=O)n(CC(=O)Nc2ccc(C#N)nc2)n1)C1CCCC1. The topological polar surface area (TPSA) is 104 Å². The molecule has 134 valence electrons. The Bertz CT molecular complexity index is 878. The van der Waals surface area contributed by atoms with Gasteiger partial charge in [-0.2, -0.15) is 10.4 Å². The number of carbonyl (C=O) groups excluding carboxylic acids is 1. The number of hydrogen-bond donors (Lipinski definition) is 1. The minimum atomic E-state index is -0.383. The van der Waals surface area contributed by atoms with Crippen molar-refractivity contribution < 1.29 is 4.79 Å². The molecule has 3 rings (SSSR count). The summed E-state index contributed by atoms with van der Waals surface area (Å²) in [6.07, 6.45) is 6.04. The van der Waals surface area contributed by atoms with Gasteiger partial charge in [0.1, 0.15) is 24.1 Å². The van der Waals surface area contributed by atoms with Crippen LogP contribution in [0.25, 0.3) is 0 Å². The highest BCUT2D eigenvalue weighted by Gasteiger charge is 2.21. The third kappa shape index (κ3) is 4.06. The molecule has 1 aliphatic carbocycles. The molecule has 0 bridgehead atoms. The molecule has 1 aliphatic rings. The van der Waals surface area contributed by atoms with Crippen LogP contribution in [-0.4, -0.2) is 33.8 Å². The number of amides is 1. The Kier molecular flexibility index (Phi) is 5.27. The summed E-state index contributed by atoms with van der Waals surface area (Å²) in [5, 5.41) is 15.7. The lowest BCUT2D eigenvalue weighted by molar-refractivity contribution is -0.117. The lowest BCUT2D eigenvalue weighted by Crippen LogP contribution is -2.34. The molecule has 2 aromatic heterocycles. The summed E-state index contributed by atoms with van der Waals surface area (Å²) in [4.78, 5) is 30.2.